The lowest BCUT2D eigenvalue weighted by molar-refractivity contribution is 0.0691. The first kappa shape index (κ1) is 15.6. The van der Waals surface area contributed by atoms with Crippen molar-refractivity contribution in [2.75, 3.05) is 0 Å². The van der Waals surface area contributed by atoms with Crippen LogP contribution < -0.4 is 5.43 Å². The Hall–Kier alpha value is -1.80. The third kappa shape index (κ3) is 2.44. The van der Waals surface area contributed by atoms with Crippen LogP contribution >= 0.6 is 15.9 Å². The molecular weight excluding hydrogens is 352 g/mol. The molecule has 21 heavy (non-hydrogen) atoms. The van der Waals surface area contributed by atoms with Crippen LogP contribution in [0.2, 0.25) is 0 Å². The number of aromatic nitrogens is 1. The Bertz CT molecular complexity index is 803. The molecule has 2 N–H and O–H groups in total. The molecule has 0 saturated heterocycles. The van der Waals surface area contributed by atoms with Crippen LogP contribution in [0.3, 0.4) is 0 Å². The molecule has 112 valence electrons. The molecule has 1 atom stereocenters. The zero-order valence-electron chi connectivity index (χ0n) is 10.7. The van der Waals surface area contributed by atoms with Crippen molar-refractivity contribution in [3.05, 3.63) is 44.2 Å². The molecule has 1 aromatic heterocycles. The molecule has 1 heterocycles. The van der Waals surface area contributed by atoms with Crippen LogP contribution in [-0.2, 0) is 0 Å². The number of benzene rings is 1. The lowest BCUT2D eigenvalue weighted by Crippen LogP contribution is -2.22. The van der Waals surface area contributed by atoms with Crippen molar-refractivity contribution in [1.29, 1.82) is 0 Å². The summed E-state index contributed by atoms with van der Waals surface area (Å²) < 4.78 is 28.2. The smallest absolute Gasteiger partial charge is 0.341 e. The third-order valence-electron chi connectivity index (χ3n) is 3.07. The molecule has 0 bridgehead atoms. The Morgan fingerprint density at radius 3 is 2.62 bits per heavy atom. The van der Waals surface area contributed by atoms with Gasteiger partial charge in [-0.15, -0.1) is 0 Å². The van der Waals surface area contributed by atoms with Gasteiger partial charge >= 0.3 is 5.97 Å². The van der Waals surface area contributed by atoms with Gasteiger partial charge in [0.05, 0.1) is 15.4 Å². The van der Waals surface area contributed by atoms with Crippen molar-refractivity contribution in [1.82, 2.24) is 4.57 Å². The van der Waals surface area contributed by atoms with Crippen LogP contribution in [-0.4, -0.2) is 20.7 Å². The largest absolute Gasteiger partial charge is 0.477 e. The van der Waals surface area contributed by atoms with Crippen LogP contribution in [0.25, 0.3) is 10.9 Å². The number of fused-ring (bicyclic) bond motifs is 1. The van der Waals surface area contributed by atoms with E-state index >= 15 is 0 Å². The first-order valence-electron chi connectivity index (χ1n) is 5.93. The maximum atomic E-state index is 14.2. The average molecular weight is 362 g/mol. The molecule has 1 unspecified atom stereocenters. The molecule has 0 saturated carbocycles. The number of aromatic carboxylic acids is 1. The predicted molar refractivity (Wildman–Crippen MR) is 74.3 cm³/mol. The summed E-state index contributed by atoms with van der Waals surface area (Å²) in [5.41, 5.74) is -2.04. The number of aliphatic hydroxyl groups excluding tert-OH is 1. The van der Waals surface area contributed by atoms with Gasteiger partial charge < -0.3 is 14.8 Å². The number of nitrogens with zero attached hydrogens (tertiary/aromatic N) is 1. The van der Waals surface area contributed by atoms with Gasteiger partial charge in [-0.1, -0.05) is 6.92 Å². The van der Waals surface area contributed by atoms with Crippen LogP contribution in [0.4, 0.5) is 8.78 Å². The average Bonchev–Trinajstić information content (AvgIpc) is 2.44. The van der Waals surface area contributed by atoms with Gasteiger partial charge in [0.15, 0.2) is 5.82 Å². The van der Waals surface area contributed by atoms with Crippen LogP contribution in [0.15, 0.2) is 21.5 Å². The van der Waals surface area contributed by atoms with E-state index in [4.69, 9.17) is 5.11 Å². The highest BCUT2D eigenvalue weighted by Gasteiger charge is 2.22. The number of pyridine rings is 1. The summed E-state index contributed by atoms with van der Waals surface area (Å²) in [6, 6.07) is 0.746. The van der Waals surface area contributed by atoms with Crippen LogP contribution in [0.5, 0.6) is 0 Å². The van der Waals surface area contributed by atoms with E-state index in [0.29, 0.717) is 0 Å². The number of carboxylic acids is 1. The minimum Gasteiger partial charge on any atom is -0.477 e. The Morgan fingerprint density at radius 2 is 2.10 bits per heavy atom. The lowest BCUT2D eigenvalue weighted by atomic mass is 10.1. The molecule has 0 fully saturated rings. The van der Waals surface area contributed by atoms with E-state index in [0.717, 1.165) is 16.8 Å². The fraction of sp³-hybridized carbons (Fsp3) is 0.231. The van der Waals surface area contributed by atoms with Crippen molar-refractivity contribution in [2.24, 2.45) is 0 Å². The van der Waals surface area contributed by atoms with Gasteiger partial charge in [-0.25, -0.2) is 13.6 Å². The molecule has 0 aliphatic carbocycles. The van der Waals surface area contributed by atoms with Crippen molar-refractivity contribution < 1.29 is 23.8 Å². The van der Waals surface area contributed by atoms with E-state index in [1.807, 2.05) is 0 Å². The maximum Gasteiger partial charge on any atom is 0.341 e. The molecule has 0 spiro atoms. The highest BCUT2D eigenvalue weighted by Crippen LogP contribution is 2.28. The summed E-state index contributed by atoms with van der Waals surface area (Å²) in [5, 5.41) is 18.5. The minimum atomic E-state index is -1.54. The van der Waals surface area contributed by atoms with E-state index in [1.165, 1.54) is 0 Å². The van der Waals surface area contributed by atoms with Gasteiger partial charge in [-0.2, -0.15) is 0 Å². The number of aliphatic hydroxyl groups is 1. The Morgan fingerprint density at radius 1 is 1.48 bits per heavy atom. The Kier molecular flexibility index (Phi) is 4.11. The monoisotopic (exact) mass is 361 g/mol. The standard InChI is InChI=1S/C13H10BrF2NO4/c1-2-8(18)17-4-6(13(20)21)12(19)5-3-7(15)9(14)10(16)11(5)17/h3-4,8,18H,2H2,1H3,(H,20,21). The molecule has 0 aliphatic heterocycles. The molecule has 0 amide bonds. The predicted octanol–water partition coefficient (Wildman–Crippen LogP) is 2.64. The number of hydrogen-bond donors (Lipinski definition) is 2. The summed E-state index contributed by atoms with van der Waals surface area (Å²) in [6.45, 7) is 1.59. The van der Waals surface area contributed by atoms with Crippen molar-refractivity contribution in [3.63, 3.8) is 0 Å². The van der Waals surface area contributed by atoms with E-state index in [1.54, 1.807) is 6.92 Å². The molecular formula is C13H10BrF2NO4. The summed E-state index contributed by atoms with van der Waals surface area (Å²) in [7, 11) is 0. The zero-order valence-corrected chi connectivity index (χ0v) is 12.3. The summed E-state index contributed by atoms with van der Waals surface area (Å²) in [6.07, 6.45) is -0.252. The van der Waals surface area contributed by atoms with Crippen molar-refractivity contribution in [3.8, 4) is 0 Å². The highest BCUT2D eigenvalue weighted by molar-refractivity contribution is 9.10. The summed E-state index contributed by atoms with van der Waals surface area (Å²) in [4.78, 5) is 23.1. The fourth-order valence-corrected chi connectivity index (χ4v) is 2.30. The molecule has 0 aliphatic rings. The van der Waals surface area contributed by atoms with Gasteiger partial charge in [-0.05, 0) is 28.4 Å². The number of carbonyl (C=O) groups is 1. The SMILES string of the molecule is CCC(O)n1cc(C(=O)O)c(=O)c2cc(F)c(Br)c(F)c21. The summed E-state index contributed by atoms with van der Waals surface area (Å²) >= 11 is 2.71. The van der Waals surface area contributed by atoms with Gasteiger partial charge in [0, 0.05) is 6.20 Å². The van der Waals surface area contributed by atoms with Crippen LogP contribution in [0.1, 0.15) is 29.9 Å². The molecule has 5 nitrogen and oxygen atoms in total. The number of rotatable bonds is 3. The second kappa shape index (κ2) is 5.53. The van der Waals surface area contributed by atoms with E-state index in [9.17, 15) is 23.5 Å². The van der Waals surface area contributed by atoms with E-state index < -0.39 is 44.7 Å². The van der Waals surface area contributed by atoms with Gasteiger partial charge in [-0.3, -0.25) is 4.79 Å². The van der Waals surface area contributed by atoms with E-state index in [-0.39, 0.29) is 11.9 Å². The Balaban J connectivity index is 3.07. The zero-order chi connectivity index (χ0) is 15.9. The molecule has 1 aromatic carbocycles. The van der Waals surface area contributed by atoms with Crippen molar-refractivity contribution >= 4 is 32.8 Å². The molecule has 2 rings (SSSR count). The first-order chi connectivity index (χ1) is 9.79. The quantitative estimate of drug-likeness (QED) is 0.823. The fourth-order valence-electron chi connectivity index (χ4n) is 2.00. The van der Waals surface area contributed by atoms with Gasteiger partial charge in [0.25, 0.3) is 0 Å². The summed E-state index contributed by atoms with van der Waals surface area (Å²) in [5.74, 6) is -3.65. The molecule has 0 radical (unpaired) electrons. The van der Waals surface area contributed by atoms with E-state index in [2.05, 4.69) is 15.9 Å². The minimum absolute atomic E-state index is 0.144. The second-order valence-corrected chi connectivity index (χ2v) is 5.15. The normalized spacial score (nSPS) is 12.6. The topological polar surface area (TPSA) is 79.5 Å². The third-order valence-corrected chi connectivity index (χ3v) is 3.80. The Labute approximate surface area is 125 Å². The molecule has 8 heteroatoms. The maximum absolute atomic E-state index is 14.2. The lowest BCUT2D eigenvalue weighted by Gasteiger charge is -2.18. The van der Waals surface area contributed by atoms with Crippen molar-refractivity contribution in [2.45, 2.75) is 19.6 Å². The van der Waals surface area contributed by atoms with Gasteiger partial charge in [0.1, 0.15) is 17.6 Å². The number of hydrogen-bond acceptors (Lipinski definition) is 3. The second-order valence-electron chi connectivity index (χ2n) is 4.36. The van der Waals surface area contributed by atoms with Gasteiger partial charge in [0.2, 0.25) is 5.43 Å². The highest BCUT2D eigenvalue weighted by atomic mass is 79.9. The number of halogens is 3. The number of carboxylic acid groups (broad SMARTS) is 1. The molecule has 2 aromatic rings. The van der Waals surface area contributed by atoms with Crippen LogP contribution in [0, 0.1) is 11.6 Å². The first-order valence-corrected chi connectivity index (χ1v) is 6.72.